The van der Waals surface area contributed by atoms with E-state index in [1.807, 2.05) is 4.90 Å². The van der Waals surface area contributed by atoms with Crippen molar-refractivity contribution in [3.8, 4) is 11.4 Å². The van der Waals surface area contributed by atoms with Gasteiger partial charge in [0.15, 0.2) is 11.5 Å². The van der Waals surface area contributed by atoms with Crippen LogP contribution < -0.4 is 15.4 Å². The summed E-state index contributed by atoms with van der Waals surface area (Å²) in [5, 5.41) is 5.33. The van der Waals surface area contributed by atoms with Gasteiger partial charge in [0.2, 0.25) is 5.91 Å². The highest BCUT2D eigenvalue weighted by Crippen LogP contribution is 2.35. The van der Waals surface area contributed by atoms with Crippen molar-refractivity contribution < 1.29 is 22.7 Å². The molecule has 31 heavy (non-hydrogen) atoms. The molecule has 2 N–H and O–H groups in total. The number of fused-ring (bicyclic) bond motifs is 1. The first-order chi connectivity index (χ1) is 14.7. The molecule has 0 bridgehead atoms. The van der Waals surface area contributed by atoms with E-state index in [9.17, 15) is 18.0 Å². The van der Waals surface area contributed by atoms with Gasteiger partial charge in [0.25, 0.3) is 0 Å². The first-order valence-corrected chi connectivity index (χ1v) is 9.53. The van der Waals surface area contributed by atoms with Gasteiger partial charge in [-0.3, -0.25) is 4.79 Å². The van der Waals surface area contributed by atoms with Crippen LogP contribution in [0.1, 0.15) is 12.0 Å². The lowest BCUT2D eigenvalue weighted by Gasteiger charge is -2.16. The summed E-state index contributed by atoms with van der Waals surface area (Å²) in [6.45, 7) is 4.90. The van der Waals surface area contributed by atoms with Gasteiger partial charge in [-0.1, -0.05) is 6.58 Å². The molecular formula is C21H20F3N5O2. The van der Waals surface area contributed by atoms with E-state index in [0.717, 1.165) is 12.1 Å². The highest BCUT2D eigenvalue weighted by atomic mass is 19.4. The van der Waals surface area contributed by atoms with Crippen molar-refractivity contribution in [1.82, 2.24) is 14.8 Å². The molecule has 1 unspecified atom stereocenters. The topological polar surface area (TPSA) is 86.3 Å². The van der Waals surface area contributed by atoms with E-state index in [0.29, 0.717) is 53.4 Å². The van der Waals surface area contributed by atoms with E-state index in [-0.39, 0.29) is 5.92 Å². The van der Waals surface area contributed by atoms with Gasteiger partial charge >= 0.3 is 6.18 Å². The lowest BCUT2D eigenvalue weighted by Crippen LogP contribution is -2.24. The minimum Gasteiger partial charge on any atom is -0.495 e. The van der Waals surface area contributed by atoms with Gasteiger partial charge in [-0.25, -0.2) is 9.67 Å². The lowest BCUT2D eigenvalue weighted by molar-refractivity contribution is -0.137. The average molecular weight is 431 g/mol. The molecule has 0 radical (unpaired) electrons. The number of benzene rings is 1. The third kappa shape index (κ3) is 3.80. The van der Waals surface area contributed by atoms with Crippen LogP contribution in [0.25, 0.3) is 16.7 Å². The number of anilines is 1. The zero-order valence-electron chi connectivity index (χ0n) is 16.7. The molecule has 1 aromatic carbocycles. The monoisotopic (exact) mass is 431 g/mol. The number of hydrogen-bond acceptors (Lipinski definition) is 5. The largest absolute Gasteiger partial charge is 0.495 e. The smallest absolute Gasteiger partial charge is 0.416 e. The number of nitrogens with zero attached hydrogens (tertiary/aromatic N) is 4. The van der Waals surface area contributed by atoms with Crippen LogP contribution in [0.5, 0.6) is 5.75 Å². The first kappa shape index (κ1) is 20.7. The molecule has 3 aromatic rings. The minimum atomic E-state index is -4.42. The molecular weight excluding hydrogens is 411 g/mol. The fraction of sp³-hybridized carbons (Fsp3) is 0.286. The highest BCUT2D eigenvalue weighted by molar-refractivity contribution is 5.93. The van der Waals surface area contributed by atoms with Crippen LogP contribution in [-0.4, -0.2) is 40.9 Å². The summed E-state index contributed by atoms with van der Waals surface area (Å²) in [5.41, 5.74) is 5.92. The van der Waals surface area contributed by atoms with Gasteiger partial charge in [-0.15, -0.1) is 5.10 Å². The molecule has 3 heterocycles. The van der Waals surface area contributed by atoms with Crippen LogP contribution in [0.4, 0.5) is 19.0 Å². The molecule has 1 amide bonds. The molecule has 2 aromatic heterocycles. The van der Waals surface area contributed by atoms with Gasteiger partial charge in [-0.2, -0.15) is 13.2 Å². The number of nitrogens with two attached hydrogens (primary N) is 1. The summed E-state index contributed by atoms with van der Waals surface area (Å²) in [7, 11) is 1.52. The summed E-state index contributed by atoms with van der Waals surface area (Å²) >= 11 is 0. The number of hydrogen-bond donors (Lipinski definition) is 1. The molecule has 1 fully saturated rings. The molecule has 10 heteroatoms. The number of halogens is 3. The van der Waals surface area contributed by atoms with E-state index >= 15 is 0 Å². The zero-order chi connectivity index (χ0) is 22.3. The summed E-state index contributed by atoms with van der Waals surface area (Å²) in [4.78, 5) is 17.9. The van der Waals surface area contributed by atoms with Crippen molar-refractivity contribution >= 4 is 22.8 Å². The van der Waals surface area contributed by atoms with Gasteiger partial charge in [0.1, 0.15) is 5.75 Å². The minimum absolute atomic E-state index is 0.0951. The molecule has 1 aliphatic heterocycles. The van der Waals surface area contributed by atoms with Crippen LogP contribution in [0, 0.1) is 5.92 Å². The maximum absolute atomic E-state index is 12.9. The second-order valence-electron chi connectivity index (χ2n) is 7.35. The number of aromatic nitrogens is 3. The summed E-state index contributed by atoms with van der Waals surface area (Å²) in [6, 6.07) is 6.50. The molecule has 0 saturated carbocycles. The van der Waals surface area contributed by atoms with Crippen LogP contribution in [0.2, 0.25) is 0 Å². The Kier molecular flexibility index (Phi) is 5.08. The number of rotatable bonds is 5. The fourth-order valence-corrected chi connectivity index (χ4v) is 3.72. The number of carbonyl (C=O) groups is 1. The Morgan fingerprint density at radius 3 is 2.61 bits per heavy atom. The number of carbonyl (C=O) groups excluding carboxylic acids is 1. The standard InChI is InChI=1S/C21H20F3N5O2/c1-12(18(25)30)13-7-8-28(11-13)20-17-9-16(31-2)10-26-19(17)29(27-20)15-5-3-14(4-6-15)21(22,23)24/h3-6,9-10,13H,1,7-8,11H2,2H3,(H2,25,30). The summed E-state index contributed by atoms with van der Waals surface area (Å²) in [5.74, 6) is 0.497. The first-order valence-electron chi connectivity index (χ1n) is 9.53. The molecule has 7 nitrogen and oxygen atoms in total. The number of alkyl halides is 3. The molecule has 0 aliphatic carbocycles. The average Bonchev–Trinajstić information content (AvgIpc) is 3.37. The van der Waals surface area contributed by atoms with E-state index in [4.69, 9.17) is 10.5 Å². The lowest BCUT2D eigenvalue weighted by atomic mass is 9.99. The fourth-order valence-electron chi connectivity index (χ4n) is 3.72. The SMILES string of the molecule is C=C(C(N)=O)C1CCN(c2nn(-c3ccc(C(F)(F)F)cc3)c3ncc(OC)cc23)C1. The van der Waals surface area contributed by atoms with Crippen LogP contribution in [0.3, 0.4) is 0 Å². The molecule has 1 atom stereocenters. The molecule has 4 rings (SSSR count). The number of pyridine rings is 1. The molecule has 1 aliphatic rings. The van der Waals surface area contributed by atoms with Gasteiger partial charge < -0.3 is 15.4 Å². The van der Waals surface area contributed by atoms with Crippen LogP contribution in [-0.2, 0) is 11.0 Å². The van der Waals surface area contributed by atoms with Gasteiger partial charge in [0.05, 0.1) is 29.9 Å². The predicted molar refractivity (Wildman–Crippen MR) is 109 cm³/mol. The summed E-state index contributed by atoms with van der Waals surface area (Å²) in [6.07, 6.45) is -2.21. The van der Waals surface area contributed by atoms with E-state index < -0.39 is 17.6 Å². The number of ether oxygens (including phenoxy) is 1. The Balaban J connectivity index is 1.76. The highest BCUT2D eigenvalue weighted by Gasteiger charge is 2.32. The number of primary amides is 1. The second kappa shape index (κ2) is 7.60. The Hall–Kier alpha value is -3.56. The number of amides is 1. The normalized spacial score (nSPS) is 16.6. The Morgan fingerprint density at radius 1 is 1.29 bits per heavy atom. The van der Waals surface area contributed by atoms with Crippen molar-refractivity contribution in [3.05, 3.63) is 54.2 Å². The second-order valence-corrected chi connectivity index (χ2v) is 7.35. The molecule has 0 spiro atoms. The van der Waals surface area contributed by atoms with Crippen molar-refractivity contribution in [1.29, 1.82) is 0 Å². The van der Waals surface area contributed by atoms with Gasteiger partial charge in [0, 0.05) is 24.6 Å². The maximum atomic E-state index is 12.9. The quantitative estimate of drug-likeness (QED) is 0.627. The summed E-state index contributed by atoms with van der Waals surface area (Å²) < 4.78 is 45.6. The third-order valence-electron chi connectivity index (χ3n) is 5.45. The van der Waals surface area contributed by atoms with E-state index in [1.54, 1.807) is 6.07 Å². The van der Waals surface area contributed by atoms with Crippen molar-refractivity contribution in [2.45, 2.75) is 12.6 Å². The Labute approximate surface area is 175 Å². The predicted octanol–water partition coefficient (Wildman–Crippen LogP) is 3.32. The van der Waals surface area contributed by atoms with Crippen molar-refractivity contribution in [2.75, 3.05) is 25.1 Å². The molecule has 1 saturated heterocycles. The van der Waals surface area contributed by atoms with E-state index in [2.05, 4.69) is 16.7 Å². The van der Waals surface area contributed by atoms with Crippen molar-refractivity contribution in [3.63, 3.8) is 0 Å². The zero-order valence-corrected chi connectivity index (χ0v) is 16.7. The van der Waals surface area contributed by atoms with Gasteiger partial charge in [-0.05, 0) is 36.8 Å². The molecule has 162 valence electrons. The maximum Gasteiger partial charge on any atom is 0.416 e. The Morgan fingerprint density at radius 2 is 2.00 bits per heavy atom. The van der Waals surface area contributed by atoms with Crippen LogP contribution >= 0.6 is 0 Å². The third-order valence-corrected chi connectivity index (χ3v) is 5.45. The van der Waals surface area contributed by atoms with E-state index in [1.165, 1.54) is 30.1 Å². The van der Waals surface area contributed by atoms with Crippen molar-refractivity contribution in [2.24, 2.45) is 11.7 Å². The van der Waals surface area contributed by atoms with Crippen LogP contribution in [0.15, 0.2) is 48.7 Å². The number of methoxy groups -OCH3 is 1. The Bertz CT molecular complexity index is 1150.